The molecule has 0 spiro atoms. The van der Waals surface area contributed by atoms with Crippen molar-refractivity contribution in [3.05, 3.63) is 109 Å². The number of carbonyl (C=O) groups excluding carboxylic acids is 1. The van der Waals surface area contributed by atoms with Crippen molar-refractivity contribution in [2.45, 2.75) is 315 Å². The van der Waals surface area contributed by atoms with Crippen molar-refractivity contribution < 1.29 is 15.0 Å². The van der Waals surface area contributed by atoms with Crippen molar-refractivity contribution in [2.24, 2.45) is 0 Å². The third-order valence-corrected chi connectivity index (χ3v) is 14.0. The molecular formula is C69H121NO3. The summed E-state index contributed by atoms with van der Waals surface area (Å²) in [5.74, 6) is -0.0733. The quantitative estimate of drug-likeness (QED) is 0.0420. The predicted octanol–water partition coefficient (Wildman–Crippen LogP) is 21.4. The number of hydrogen-bond acceptors (Lipinski definition) is 3. The number of nitrogens with one attached hydrogen (secondary N) is 1. The van der Waals surface area contributed by atoms with Gasteiger partial charge in [0, 0.05) is 6.42 Å². The van der Waals surface area contributed by atoms with E-state index in [1.54, 1.807) is 6.08 Å². The van der Waals surface area contributed by atoms with Gasteiger partial charge in [0.05, 0.1) is 18.8 Å². The molecule has 3 N–H and O–H groups in total. The van der Waals surface area contributed by atoms with E-state index in [0.29, 0.717) is 6.42 Å². The Morgan fingerprint density at radius 2 is 0.616 bits per heavy atom. The van der Waals surface area contributed by atoms with Crippen molar-refractivity contribution in [1.29, 1.82) is 0 Å². The Bertz CT molecular complexity index is 1380. The van der Waals surface area contributed by atoms with Gasteiger partial charge in [-0.2, -0.15) is 0 Å². The molecule has 0 aromatic heterocycles. The van der Waals surface area contributed by atoms with Crippen molar-refractivity contribution >= 4 is 5.91 Å². The zero-order valence-corrected chi connectivity index (χ0v) is 48.4. The molecule has 420 valence electrons. The molecule has 0 aliphatic rings. The summed E-state index contributed by atoms with van der Waals surface area (Å²) in [6.45, 7) is 4.20. The van der Waals surface area contributed by atoms with Crippen molar-refractivity contribution in [1.82, 2.24) is 5.32 Å². The first-order valence-corrected chi connectivity index (χ1v) is 31.6. The van der Waals surface area contributed by atoms with E-state index in [1.165, 1.54) is 205 Å². The number of rotatable bonds is 57. The van der Waals surface area contributed by atoms with Gasteiger partial charge in [-0.25, -0.2) is 0 Å². The lowest BCUT2D eigenvalue weighted by Crippen LogP contribution is -2.45. The Morgan fingerprint density at radius 1 is 0.342 bits per heavy atom. The molecule has 2 atom stereocenters. The highest BCUT2D eigenvalue weighted by Crippen LogP contribution is 2.17. The summed E-state index contributed by atoms with van der Waals surface area (Å²) in [6.07, 6.45) is 95.6. The van der Waals surface area contributed by atoms with Crippen LogP contribution in [0.1, 0.15) is 303 Å². The second-order valence-corrected chi connectivity index (χ2v) is 21.1. The van der Waals surface area contributed by atoms with Crippen LogP contribution in [0.4, 0.5) is 0 Å². The van der Waals surface area contributed by atoms with Crippen LogP contribution in [-0.2, 0) is 4.79 Å². The molecule has 0 aliphatic carbocycles. The normalized spacial score (nSPS) is 13.5. The molecule has 1 amide bonds. The van der Waals surface area contributed by atoms with Crippen molar-refractivity contribution in [2.75, 3.05) is 6.61 Å². The Balaban J connectivity index is 3.52. The summed E-state index contributed by atoms with van der Waals surface area (Å²) in [4.78, 5) is 12.5. The molecule has 0 aromatic carbocycles. The summed E-state index contributed by atoms with van der Waals surface area (Å²) in [7, 11) is 0. The maximum absolute atomic E-state index is 12.5. The van der Waals surface area contributed by atoms with Crippen LogP contribution in [0.25, 0.3) is 0 Å². The van der Waals surface area contributed by atoms with E-state index in [4.69, 9.17) is 0 Å². The maximum atomic E-state index is 12.5. The first-order valence-electron chi connectivity index (χ1n) is 31.6. The molecule has 4 nitrogen and oxygen atoms in total. The largest absolute Gasteiger partial charge is 0.394 e. The monoisotopic (exact) mass is 1010 g/mol. The second-order valence-electron chi connectivity index (χ2n) is 21.1. The van der Waals surface area contributed by atoms with Gasteiger partial charge in [0.2, 0.25) is 5.91 Å². The standard InChI is InChI=1S/C69H121NO3/c1-3-5-7-9-11-13-15-17-19-21-23-25-27-28-29-30-31-32-33-34-35-36-37-38-39-40-41-42-43-45-47-49-51-53-55-57-59-61-63-65-69(73)70-67(66-71)68(72)64-62-60-58-56-54-52-50-48-46-44-26-24-22-20-18-16-14-12-10-8-6-4-2/h5,7,11,13,17,19,23,25,28-29,31-32,34-35,54,56,62,64,67-68,71-72H,3-4,6,8-10,12,14-16,18,20-22,24,26-27,30,33,36-53,55,57-61,63,65-66H2,1-2H3,(H,70,73)/b7-5-,13-11-,19-17-,25-23-,29-28-,32-31-,35-34-,56-54+,64-62+. The van der Waals surface area contributed by atoms with Crippen LogP contribution in [0.5, 0.6) is 0 Å². The van der Waals surface area contributed by atoms with Gasteiger partial charge in [0.25, 0.3) is 0 Å². The van der Waals surface area contributed by atoms with Gasteiger partial charge >= 0.3 is 0 Å². The minimum Gasteiger partial charge on any atom is -0.394 e. The van der Waals surface area contributed by atoms with E-state index in [1.807, 2.05) is 6.08 Å². The van der Waals surface area contributed by atoms with Crippen molar-refractivity contribution in [3.8, 4) is 0 Å². The molecule has 4 heteroatoms. The number of allylic oxidation sites excluding steroid dienone is 17. The number of aliphatic hydroxyl groups excluding tert-OH is 2. The lowest BCUT2D eigenvalue weighted by Gasteiger charge is -2.19. The van der Waals surface area contributed by atoms with E-state index in [9.17, 15) is 15.0 Å². The molecule has 0 saturated heterocycles. The van der Waals surface area contributed by atoms with E-state index in [-0.39, 0.29) is 12.5 Å². The molecule has 0 aliphatic heterocycles. The number of unbranched alkanes of at least 4 members (excludes halogenated alkanes) is 34. The average molecular weight is 1010 g/mol. The molecule has 73 heavy (non-hydrogen) atoms. The zero-order valence-electron chi connectivity index (χ0n) is 48.4. The molecule has 0 heterocycles. The van der Waals surface area contributed by atoms with E-state index >= 15 is 0 Å². The van der Waals surface area contributed by atoms with Gasteiger partial charge in [0.15, 0.2) is 0 Å². The summed E-state index contributed by atoms with van der Waals surface area (Å²) in [5.41, 5.74) is 0. The molecule has 0 rings (SSSR count). The summed E-state index contributed by atoms with van der Waals surface area (Å²) >= 11 is 0. The zero-order chi connectivity index (χ0) is 52.7. The lowest BCUT2D eigenvalue weighted by molar-refractivity contribution is -0.123. The molecule has 0 aromatic rings. The molecule has 0 fully saturated rings. The predicted molar refractivity (Wildman–Crippen MR) is 326 cm³/mol. The first kappa shape index (κ1) is 70.1. The smallest absolute Gasteiger partial charge is 0.220 e. The maximum Gasteiger partial charge on any atom is 0.220 e. The van der Waals surface area contributed by atoms with Crippen LogP contribution in [0, 0.1) is 0 Å². The van der Waals surface area contributed by atoms with Gasteiger partial charge in [-0.05, 0) is 89.9 Å². The number of hydrogen-bond donors (Lipinski definition) is 3. The van der Waals surface area contributed by atoms with Gasteiger partial charge in [-0.15, -0.1) is 0 Å². The lowest BCUT2D eigenvalue weighted by atomic mass is 10.0. The highest BCUT2D eigenvalue weighted by molar-refractivity contribution is 5.76. The van der Waals surface area contributed by atoms with Crippen LogP contribution < -0.4 is 5.32 Å². The van der Waals surface area contributed by atoms with E-state index < -0.39 is 12.1 Å². The second kappa shape index (κ2) is 63.3. The van der Waals surface area contributed by atoms with Crippen LogP contribution in [0.2, 0.25) is 0 Å². The average Bonchev–Trinajstić information content (AvgIpc) is 3.40. The van der Waals surface area contributed by atoms with Crippen LogP contribution in [0.3, 0.4) is 0 Å². The van der Waals surface area contributed by atoms with Gasteiger partial charge in [-0.1, -0.05) is 316 Å². The van der Waals surface area contributed by atoms with Gasteiger partial charge in [-0.3, -0.25) is 4.79 Å². The Morgan fingerprint density at radius 3 is 0.959 bits per heavy atom. The Hall–Kier alpha value is -2.95. The van der Waals surface area contributed by atoms with E-state index in [2.05, 4.69) is 116 Å². The van der Waals surface area contributed by atoms with Crippen LogP contribution in [-0.4, -0.2) is 34.9 Å². The summed E-state index contributed by atoms with van der Waals surface area (Å²) in [6, 6.07) is -0.645. The fourth-order valence-electron chi connectivity index (χ4n) is 9.24. The first-order chi connectivity index (χ1) is 36.2. The minimum atomic E-state index is -0.867. The fraction of sp³-hybridized carbons (Fsp3) is 0.725. The van der Waals surface area contributed by atoms with Gasteiger partial charge < -0.3 is 15.5 Å². The number of amides is 1. The summed E-state index contributed by atoms with van der Waals surface area (Å²) in [5, 5.41) is 23.2. The number of aliphatic hydroxyl groups is 2. The number of carbonyl (C=O) groups is 1. The highest BCUT2D eigenvalue weighted by atomic mass is 16.3. The third kappa shape index (κ3) is 59.8. The highest BCUT2D eigenvalue weighted by Gasteiger charge is 2.18. The Labute approximate surface area is 455 Å². The van der Waals surface area contributed by atoms with E-state index in [0.717, 1.165) is 77.0 Å². The van der Waals surface area contributed by atoms with Gasteiger partial charge in [0.1, 0.15) is 0 Å². The molecular weight excluding hydrogens is 891 g/mol. The molecule has 0 bridgehead atoms. The molecule has 0 radical (unpaired) electrons. The minimum absolute atomic E-state index is 0.0733. The third-order valence-electron chi connectivity index (χ3n) is 14.0. The molecule has 0 saturated carbocycles. The van der Waals surface area contributed by atoms with Crippen LogP contribution in [0.15, 0.2) is 109 Å². The molecule has 2 unspecified atom stereocenters. The Kier molecular flexibility index (Phi) is 60.8. The van der Waals surface area contributed by atoms with Crippen molar-refractivity contribution in [3.63, 3.8) is 0 Å². The SMILES string of the molecule is CC/C=C\C/C=C\C/C=C\C/C=C\C/C=C\C/C=C\C/C=C\CCCCCCCCCCCCCCCCCCCC(=O)NC(CO)C(O)/C=C/CC/C=C/CCCCCCCCCCCCCCCCCC. The summed E-state index contributed by atoms with van der Waals surface area (Å²) < 4.78 is 0. The topological polar surface area (TPSA) is 69.6 Å². The van der Waals surface area contributed by atoms with Crippen LogP contribution >= 0.6 is 0 Å². The fourth-order valence-corrected chi connectivity index (χ4v) is 9.24.